The molecule has 1 aliphatic rings. The van der Waals surface area contributed by atoms with Gasteiger partial charge in [-0.15, -0.1) is 0 Å². The van der Waals surface area contributed by atoms with E-state index < -0.39 is 12.1 Å². The molecule has 0 aromatic carbocycles. The van der Waals surface area contributed by atoms with Crippen LogP contribution in [0.4, 0.5) is 18.9 Å². The molecule has 1 aromatic rings. The van der Waals surface area contributed by atoms with E-state index >= 15 is 0 Å². The summed E-state index contributed by atoms with van der Waals surface area (Å²) in [5.74, 6) is -1.61. The lowest BCUT2D eigenvalue weighted by molar-refractivity contribution is -0.183. The standard InChI is InChI=1S/C13H16F3N3O/c1-17-10-2-3-11(18-8-10)12(20)19-6-4-9(5-7-19)13(14,15)16/h2-3,8-9,17H,4-7H2,1H3. The number of anilines is 1. The molecule has 0 bridgehead atoms. The van der Waals surface area contributed by atoms with Crippen molar-refractivity contribution in [2.75, 3.05) is 25.5 Å². The normalized spacial score (nSPS) is 17.1. The Kier molecular flexibility index (Phi) is 4.15. The highest BCUT2D eigenvalue weighted by Crippen LogP contribution is 2.34. The first-order valence-electron chi connectivity index (χ1n) is 6.41. The number of likely N-dealkylation sites (tertiary alicyclic amines) is 1. The minimum Gasteiger partial charge on any atom is -0.387 e. The maximum Gasteiger partial charge on any atom is 0.391 e. The number of rotatable bonds is 2. The first-order chi connectivity index (χ1) is 9.41. The molecule has 0 saturated carbocycles. The minimum atomic E-state index is -4.16. The summed E-state index contributed by atoms with van der Waals surface area (Å²) in [6.45, 7) is 0.247. The Hall–Kier alpha value is -1.79. The van der Waals surface area contributed by atoms with Gasteiger partial charge in [0.1, 0.15) is 5.69 Å². The third-order valence-electron chi connectivity index (χ3n) is 3.52. The average Bonchev–Trinajstić information content (AvgIpc) is 2.46. The molecule has 7 heteroatoms. The van der Waals surface area contributed by atoms with E-state index in [4.69, 9.17) is 0 Å². The number of aromatic nitrogens is 1. The minimum absolute atomic E-state index is 0.0379. The van der Waals surface area contributed by atoms with Crippen molar-refractivity contribution in [1.29, 1.82) is 0 Å². The lowest BCUT2D eigenvalue weighted by Gasteiger charge is -2.32. The summed E-state index contributed by atoms with van der Waals surface area (Å²) in [5, 5.41) is 2.88. The van der Waals surface area contributed by atoms with Crippen molar-refractivity contribution < 1.29 is 18.0 Å². The van der Waals surface area contributed by atoms with Gasteiger partial charge in [0.05, 0.1) is 17.8 Å². The van der Waals surface area contributed by atoms with Gasteiger partial charge in [-0.05, 0) is 25.0 Å². The number of pyridine rings is 1. The van der Waals surface area contributed by atoms with Crippen LogP contribution < -0.4 is 5.32 Å². The maximum atomic E-state index is 12.6. The number of nitrogens with one attached hydrogen (secondary N) is 1. The summed E-state index contributed by atoms with van der Waals surface area (Å²) in [5.41, 5.74) is 1.03. The SMILES string of the molecule is CNc1ccc(C(=O)N2CCC(C(F)(F)F)CC2)nc1. The lowest BCUT2D eigenvalue weighted by atomic mass is 9.96. The van der Waals surface area contributed by atoms with E-state index in [2.05, 4.69) is 10.3 Å². The van der Waals surface area contributed by atoms with Gasteiger partial charge in [-0.3, -0.25) is 4.79 Å². The maximum absolute atomic E-state index is 12.6. The van der Waals surface area contributed by atoms with Gasteiger partial charge in [-0.25, -0.2) is 4.98 Å². The molecule has 1 fully saturated rings. The second-order valence-corrected chi connectivity index (χ2v) is 4.79. The van der Waals surface area contributed by atoms with Gasteiger partial charge in [0.25, 0.3) is 5.91 Å². The quantitative estimate of drug-likeness (QED) is 0.909. The molecule has 1 saturated heterocycles. The third kappa shape index (κ3) is 3.20. The number of amides is 1. The van der Waals surface area contributed by atoms with Crippen LogP contribution in [0.2, 0.25) is 0 Å². The third-order valence-corrected chi connectivity index (χ3v) is 3.52. The van der Waals surface area contributed by atoms with Crippen molar-refractivity contribution in [3.63, 3.8) is 0 Å². The number of hydrogen-bond acceptors (Lipinski definition) is 3. The fraction of sp³-hybridized carbons (Fsp3) is 0.538. The fourth-order valence-corrected chi connectivity index (χ4v) is 2.24. The summed E-state index contributed by atoms with van der Waals surface area (Å²) >= 11 is 0. The van der Waals surface area contributed by atoms with E-state index in [-0.39, 0.29) is 37.5 Å². The Balaban J connectivity index is 1.97. The van der Waals surface area contributed by atoms with Gasteiger partial charge in [-0.1, -0.05) is 0 Å². The number of alkyl halides is 3. The Bertz CT molecular complexity index is 465. The molecule has 2 rings (SSSR count). The van der Waals surface area contributed by atoms with Crippen LogP contribution in [0.1, 0.15) is 23.3 Å². The smallest absolute Gasteiger partial charge is 0.387 e. The largest absolute Gasteiger partial charge is 0.391 e. The van der Waals surface area contributed by atoms with Crippen LogP contribution >= 0.6 is 0 Å². The molecule has 1 aromatic heterocycles. The summed E-state index contributed by atoms with van der Waals surface area (Å²) < 4.78 is 37.7. The number of nitrogens with zero attached hydrogens (tertiary/aromatic N) is 2. The van der Waals surface area contributed by atoms with E-state index in [9.17, 15) is 18.0 Å². The van der Waals surface area contributed by atoms with Crippen LogP contribution in [0.3, 0.4) is 0 Å². The van der Waals surface area contributed by atoms with Crippen LogP contribution in [0, 0.1) is 5.92 Å². The Morgan fingerprint density at radius 3 is 2.45 bits per heavy atom. The number of hydrogen-bond donors (Lipinski definition) is 1. The second kappa shape index (κ2) is 5.68. The number of carbonyl (C=O) groups is 1. The van der Waals surface area contributed by atoms with E-state index in [1.807, 2.05) is 0 Å². The Morgan fingerprint density at radius 1 is 1.35 bits per heavy atom. The first-order valence-corrected chi connectivity index (χ1v) is 6.41. The molecule has 0 unspecified atom stereocenters. The molecule has 0 aliphatic carbocycles. The Labute approximate surface area is 115 Å². The van der Waals surface area contributed by atoms with Crippen LogP contribution in [0.5, 0.6) is 0 Å². The zero-order chi connectivity index (χ0) is 14.8. The van der Waals surface area contributed by atoms with E-state index in [1.165, 1.54) is 11.1 Å². The molecule has 0 radical (unpaired) electrons. The van der Waals surface area contributed by atoms with E-state index in [1.54, 1.807) is 19.2 Å². The van der Waals surface area contributed by atoms with Crippen LogP contribution in [0.25, 0.3) is 0 Å². The monoisotopic (exact) mass is 287 g/mol. The fourth-order valence-electron chi connectivity index (χ4n) is 2.24. The van der Waals surface area contributed by atoms with E-state index in [0.717, 1.165) is 5.69 Å². The number of carbonyl (C=O) groups excluding carboxylic acids is 1. The van der Waals surface area contributed by atoms with Gasteiger partial charge in [-0.2, -0.15) is 13.2 Å². The average molecular weight is 287 g/mol. The van der Waals surface area contributed by atoms with Crippen molar-refractivity contribution in [3.8, 4) is 0 Å². The van der Waals surface area contributed by atoms with E-state index in [0.29, 0.717) is 0 Å². The van der Waals surface area contributed by atoms with Gasteiger partial charge >= 0.3 is 6.18 Å². The van der Waals surface area contributed by atoms with Gasteiger partial charge in [0, 0.05) is 20.1 Å². The lowest BCUT2D eigenvalue weighted by Crippen LogP contribution is -2.42. The molecule has 0 spiro atoms. The summed E-state index contributed by atoms with van der Waals surface area (Å²) in [6, 6.07) is 3.28. The van der Waals surface area contributed by atoms with Crippen LogP contribution in [-0.4, -0.2) is 42.1 Å². The summed E-state index contributed by atoms with van der Waals surface area (Å²) in [7, 11) is 1.74. The molecule has 4 nitrogen and oxygen atoms in total. The molecular formula is C13H16F3N3O. The van der Waals surface area contributed by atoms with Crippen molar-refractivity contribution >= 4 is 11.6 Å². The molecule has 1 aliphatic heterocycles. The van der Waals surface area contributed by atoms with Crippen molar-refractivity contribution in [2.45, 2.75) is 19.0 Å². The zero-order valence-electron chi connectivity index (χ0n) is 11.1. The molecular weight excluding hydrogens is 271 g/mol. The summed E-state index contributed by atoms with van der Waals surface area (Å²) in [4.78, 5) is 17.6. The van der Waals surface area contributed by atoms with Crippen LogP contribution in [0.15, 0.2) is 18.3 Å². The Morgan fingerprint density at radius 2 is 2.00 bits per heavy atom. The summed E-state index contributed by atoms with van der Waals surface area (Å²) in [6.07, 6.45) is -2.72. The molecule has 1 N–H and O–H groups in total. The number of piperidine rings is 1. The van der Waals surface area contributed by atoms with Crippen molar-refractivity contribution in [1.82, 2.24) is 9.88 Å². The van der Waals surface area contributed by atoms with Crippen molar-refractivity contribution in [3.05, 3.63) is 24.0 Å². The highest BCUT2D eigenvalue weighted by molar-refractivity contribution is 5.92. The van der Waals surface area contributed by atoms with Crippen LogP contribution in [-0.2, 0) is 0 Å². The van der Waals surface area contributed by atoms with Gasteiger partial charge in [0.15, 0.2) is 0 Å². The molecule has 110 valence electrons. The zero-order valence-corrected chi connectivity index (χ0v) is 11.1. The molecule has 2 heterocycles. The first kappa shape index (κ1) is 14.6. The topological polar surface area (TPSA) is 45.2 Å². The highest BCUT2D eigenvalue weighted by atomic mass is 19.4. The number of halogens is 3. The second-order valence-electron chi connectivity index (χ2n) is 4.79. The van der Waals surface area contributed by atoms with Crippen molar-refractivity contribution in [2.24, 2.45) is 5.92 Å². The van der Waals surface area contributed by atoms with Gasteiger partial charge in [0.2, 0.25) is 0 Å². The predicted octanol–water partition coefficient (Wildman–Crippen LogP) is 2.54. The predicted molar refractivity (Wildman–Crippen MR) is 68.5 cm³/mol. The van der Waals surface area contributed by atoms with Gasteiger partial charge < -0.3 is 10.2 Å². The molecule has 1 amide bonds. The molecule has 20 heavy (non-hydrogen) atoms. The highest BCUT2D eigenvalue weighted by Gasteiger charge is 2.41. The molecule has 0 atom stereocenters.